The highest BCUT2D eigenvalue weighted by atomic mass is 16.6. The zero-order valence-electron chi connectivity index (χ0n) is 5.74. The lowest BCUT2D eigenvalue weighted by Crippen LogP contribution is -2.18. The van der Waals surface area contributed by atoms with Gasteiger partial charge in [-0.1, -0.05) is 6.58 Å². The van der Waals surface area contributed by atoms with Crippen LogP contribution in [0.1, 0.15) is 0 Å². The maximum atomic E-state index is 10.3. The highest BCUT2D eigenvalue weighted by Gasteiger charge is 2.02. The Labute approximate surface area is 59.1 Å². The minimum absolute atomic E-state index is 0.165. The number of methoxy groups -OCH3 is 1. The quantitative estimate of drug-likeness (QED) is 0.335. The number of esters is 1. The molecule has 0 aromatic carbocycles. The van der Waals surface area contributed by atoms with Crippen molar-refractivity contribution in [3.05, 3.63) is 12.7 Å². The van der Waals surface area contributed by atoms with Crippen molar-refractivity contribution in [1.82, 2.24) is 0 Å². The zero-order chi connectivity index (χ0) is 7.98. The molecular formula is C6H10O4. The summed E-state index contributed by atoms with van der Waals surface area (Å²) in [5.74, 6) is -0.573. The van der Waals surface area contributed by atoms with Crippen LogP contribution in [0.4, 0.5) is 0 Å². The van der Waals surface area contributed by atoms with Crippen LogP contribution in [0.3, 0.4) is 0 Å². The molecular weight excluding hydrogens is 136 g/mol. The summed E-state index contributed by atoms with van der Waals surface area (Å²) < 4.78 is 8.80. The lowest BCUT2D eigenvalue weighted by atomic mass is 10.6. The Morgan fingerprint density at radius 2 is 2.50 bits per heavy atom. The number of rotatable bonds is 4. The number of ether oxygens (including phenoxy) is 2. The molecule has 4 nitrogen and oxygen atoms in total. The number of carbonyl (C=O) groups is 1. The molecule has 0 radical (unpaired) electrons. The van der Waals surface area contributed by atoms with E-state index in [0.29, 0.717) is 0 Å². The van der Waals surface area contributed by atoms with Gasteiger partial charge in [-0.2, -0.15) is 0 Å². The monoisotopic (exact) mass is 146 g/mol. The molecule has 1 unspecified atom stereocenters. The van der Waals surface area contributed by atoms with E-state index in [1.807, 2.05) is 0 Å². The topological polar surface area (TPSA) is 55.8 Å². The van der Waals surface area contributed by atoms with Crippen LogP contribution in [0.2, 0.25) is 0 Å². The maximum absolute atomic E-state index is 10.3. The molecule has 4 heteroatoms. The number of carbonyl (C=O) groups excluding carboxylic acids is 1. The van der Waals surface area contributed by atoms with Gasteiger partial charge in [0.05, 0.1) is 0 Å². The van der Waals surface area contributed by atoms with E-state index in [2.05, 4.69) is 16.1 Å². The molecule has 0 heterocycles. The first-order valence-corrected chi connectivity index (χ1v) is 2.70. The highest BCUT2D eigenvalue weighted by Crippen LogP contribution is 1.86. The van der Waals surface area contributed by atoms with Crippen LogP contribution in [0.15, 0.2) is 12.7 Å². The number of aliphatic hydroxyl groups excluding tert-OH is 1. The van der Waals surface area contributed by atoms with Crippen molar-refractivity contribution in [3.63, 3.8) is 0 Å². The third-order valence-electron chi connectivity index (χ3n) is 0.807. The Bertz CT molecular complexity index is 121. The molecule has 0 saturated carbocycles. The number of aliphatic hydroxyl groups is 1. The van der Waals surface area contributed by atoms with Crippen LogP contribution >= 0.6 is 0 Å². The van der Waals surface area contributed by atoms with Crippen molar-refractivity contribution in [1.29, 1.82) is 0 Å². The smallest absolute Gasteiger partial charge is 0.330 e. The van der Waals surface area contributed by atoms with Gasteiger partial charge in [0.2, 0.25) is 0 Å². The maximum Gasteiger partial charge on any atom is 0.330 e. The molecule has 1 N–H and O–H groups in total. The van der Waals surface area contributed by atoms with E-state index in [4.69, 9.17) is 5.11 Å². The lowest BCUT2D eigenvalue weighted by Gasteiger charge is -2.06. The molecule has 0 aliphatic rings. The van der Waals surface area contributed by atoms with Gasteiger partial charge in [0.15, 0.2) is 6.29 Å². The summed E-state index contributed by atoms with van der Waals surface area (Å²) in [6.45, 7) is 3.00. The minimum atomic E-state index is -1.05. The molecule has 0 spiro atoms. The van der Waals surface area contributed by atoms with E-state index in [-0.39, 0.29) is 6.61 Å². The molecule has 0 amide bonds. The van der Waals surface area contributed by atoms with Crippen LogP contribution in [0.25, 0.3) is 0 Å². The predicted octanol–water partition coefficient (Wildman–Crippen LogP) is -0.320. The van der Waals surface area contributed by atoms with Crippen molar-refractivity contribution < 1.29 is 19.4 Å². The van der Waals surface area contributed by atoms with Crippen molar-refractivity contribution in [3.8, 4) is 0 Å². The molecule has 0 saturated heterocycles. The summed E-state index contributed by atoms with van der Waals surface area (Å²) in [4.78, 5) is 10.3. The summed E-state index contributed by atoms with van der Waals surface area (Å²) >= 11 is 0. The summed E-state index contributed by atoms with van der Waals surface area (Å²) in [5.41, 5.74) is 0. The van der Waals surface area contributed by atoms with Crippen molar-refractivity contribution in [2.75, 3.05) is 13.7 Å². The standard InChI is InChI=1S/C6H10O4/c1-3-5(7)10-4-6(8)9-2/h3,6,8H,1,4H2,2H3. The molecule has 10 heavy (non-hydrogen) atoms. The highest BCUT2D eigenvalue weighted by molar-refractivity contribution is 5.81. The van der Waals surface area contributed by atoms with Gasteiger partial charge in [0.25, 0.3) is 0 Å². The Kier molecular flexibility index (Phi) is 4.53. The molecule has 0 aromatic rings. The van der Waals surface area contributed by atoms with Crippen LogP contribution < -0.4 is 0 Å². The molecule has 1 atom stereocenters. The second-order valence-electron chi connectivity index (χ2n) is 1.52. The minimum Gasteiger partial charge on any atom is -0.457 e. The van der Waals surface area contributed by atoms with Crippen LogP contribution in [0.5, 0.6) is 0 Å². The molecule has 0 aliphatic heterocycles. The predicted molar refractivity (Wildman–Crippen MR) is 34.2 cm³/mol. The molecule has 0 aromatic heterocycles. The third-order valence-corrected chi connectivity index (χ3v) is 0.807. The fraction of sp³-hybridized carbons (Fsp3) is 0.500. The zero-order valence-corrected chi connectivity index (χ0v) is 5.74. The Morgan fingerprint density at radius 1 is 1.90 bits per heavy atom. The SMILES string of the molecule is C=CC(=O)OCC(O)OC. The van der Waals surface area contributed by atoms with Gasteiger partial charge >= 0.3 is 5.97 Å². The Hall–Kier alpha value is -0.870. The molecule has 0 bridgehead atoms. The first-order valence-electron chi connectivity index (χ1n) is 2.70. The van der Waals surface area contributed by atoms with Gasteiger partial charge in [-0.3, -0.25) is 0 Å². The first kappa shape index (κ1) is 9.13. The molecule has 58 valence electrons. The van der Waals surface area contributed by atoms with Crippen LogP contribution in [0, 0.1) is 0 Å². The van der Waals surface area contributed by atoms with E-state index in [1.165, 1.54) is 7.11 Å². The Morgan fingerprint density at radius 3 is 2.90 bits per heavy atom. The van der Waals surface area contributed by atoms with Gasteiger partial charge < -0.3 is 14.6 Å². The Balaban J connectivity index is 3.34. The van der Waals surface area contributed by atoms with Gasteiger partial charge in [-0.15, -0.1) is 0 Å². The molecule has 0 fully saturated rings. The average Bonchev–Trinajstić information content (AvgIpc) is 1.99. The van der Waals surface area contributed by atoms with Crippen LogP contribution in [-0.4, -0.2) is 31.1 Å². The number of hydrogen-bond acceptors (Lipinski definition) is 4. The van der Waals surface area contributed by atoms with Gasteiger partial charge in [0, 0.05) is 13.2 Å². The summed E-state index contributed by atoms with van der Waals surface area (Å²) in [6, 6.07) is 0. The van der Waals surface area contributed by atoms with Crippen molar-refractivity contribution >= 4 is 5.97 Å². The fourth-order valence-electron chi connectivity index (χ4n) is 0.280. The largest absolute Gasteiger partial charge is 0.457 e. The second-order valence-corrected chi connectivity index (χ2v) is 1.52. The van der Waals surface area contributed by atoms with Gasteiger partial charge in [0.1, 0.15) is 6.61 Å². The van der Waals surface area contributed by atoms with E-state index in [9.17, 15) is 4.79 Å². The normalized spacial score (nSPS) is 12.2. The van der Waals surface area contributed by atoms with E-state index in [1.54, 1.807) is 0 Å². The van der Waals surface area contributed by atoms with Crippen molar-refractivity contribution in [2.24, 2.45) is 0 Å². The van der Waals surface area contributed by atoms with Crippen LogP contribution in [-0.2, 0) is 14.3 Å². The van der Waals surface area contributed by atoms with E-state index >= 15 is 0 Å². The fourth-order valence-corrected chi connectivity index (χ4v) is 0.280. The summed E-state index contributed by atoms with van der Waals surface area (Å²) in [6.07, 6.45) is -0.0357. The van der Waals surface area contributed by atoms with Crippen molar-refractivity contribution in [2.45, 2.75) is 6.29 Å². The molecule has 0 aliphatic carbocycles. The first-order chi connectivity index (χ1) is 4.70. The number of hydrogen-bond donors (Lipinski definition) is 1. The lowest BCUT2D eigenvalue weighted by molar-refractivity contribution is -0.155. The third kappa shape index (κ3) is 4.05. The van der Waals surface area contributed by atoms with Gasteiger partial charge in [-0.05, 0) is 0 Å². The van der Waals surface area contributed by atoms with E-state index in [0.717, 1.165) is 6.08 Å². The summed E-state index contributed by atoms with van der Waals surface area (Å²) in [5, 5.41) is 8.67. The summed E-state index contributed by atoms with van der Waals surface area (Å²) in [7, 11) is 1.31. The average molecular weight is 146 g/mol. The van der Waals surface area contributed by atoms with E-state index < -0.39 is 12.3 Å². The second kappa shape index (κ2) is 4.96. The molecule has 0 rings (SSSR count). The van der Waals surface area contributed by atoms with Gasteiger partial charge in [-0.25, -0.2) is 4.79 Å².